The highest BCUT2D eigenvalue weighted by atomic mass is 32.1. The predicted octanol–water partition coefficient (Wildman–Crippen LogP) is 2.73. The van der Waals surface area contributed by atoms with E-state index >= 15 is 0 Å². The number of carbonyl (C=O) groups is 3. The van der Waals surface area contributed by atoms with Gasteiger partial charge < -0.3 is 26.8 Å². The molecule has 2 aromatic heterocycles. The fourth-order valence-electron chi connectivity index (χ4n) is 3.06. The first-order chi connectivity index (χ1) is 15.9. The SMILES string of the molecule is C=C(O)CC[C@H](N)C(=O)NCCCC[C@@H](NC(=O)c1cccs1)C(=O)NCCc1cccs1. The Kier molecular flexibility index (Phi) is 11.6. The van der Waals surface area contributed by atoms with Gasteiger partial charge >= 0.3 is 0 Å². The second-order valence-corrected chi connectivity index (χ2v) is 9.60. The Morgan fingerprint density at radius 3 is 2.39 bits per heavy atom. The second kappa shape index (κ2) is 14.5. The standard InChI is InChI=1S/C23H32N4O4S2/c1-16(28)9-10-18(24)21(29)25-12-3-2-7-19(27-23(31)20-8-5-15-33-20)22(30)26-13-11-17-6-4-14-32-17/h4-6,8,14-15,18-19,28H,1-3,7,9-13,24H2,(H,25,29)(H,26,30)(H,27,31)/t18-,19+/m0/s1. The number of carbonyl (C=O) groups excluding carboxylic acids is 3. The monoisotopic (exact) mass is 492 g/mol. The van der Waals surface area contributed by atoms with Gasteiger partial charge in [0, 0.05) is 24.4 Å². The summed E-state index contributed by atoms with van der Waals surface area (Å²) >= 11 is 2.96. The third-order valence-corrected chi connectivity index (χ3v) is 6.72. The lowest BCUT2D eigenvalue weighted by Crippen LogP contribution is -2.47. The molecule has 0 saturated carbocycles. The number of rotatable bonds is 15. The van der Waals surface area contributed by atoms with Crippen molar-refractivity contribution in [3.8, 4) is 0 Å². The molecule has 0 saturated heterocycles. The zero-order valence-corrected chi connectivity index (χ0v) is 20.2. The molecule has 0 radical (unpaired) electrons. The molecule has 2 rings (SSSR count). The van der Waals surface area contributed by atoms with Crippen molar-refractivity contribution >= 4 is 40.4 Å². The Bertz CT molecular complexity index is 884. The van der Waals surface area contributed by atoms with Crippen molar-refractivity contribution in [2.75, 3.05) is 13.1 Å². The van der Waals surface area contributed by atoms with Crippen LogP contribution in [-0.2, 0) is 16.0 Å². The van der Waals surface area contributed by atoms with E-state index in [1.165, 1.54) is 16.2 Å². The Morgan fingerprint density at radius 1 is 1.00 bits per heavy atom. The zero-order chi connectivity index (χ0) is 24.1. The first kappa shape index (κ1) is 26.6. The fraction of sp³-hybridized carbons (Fsp3) is 0.435. The molecule has 0 aromatic carbocycles. The summed E-state index contributed by atoms with van der Waals surface area (Å²) in [7, 11) is 0. The molecule has 8 nitrogen and oxygen atoms in total. The molecule has 2 atom stereocenters. The van der Waals surface area contributed by atoms with Crippen LogP contribution < -0.4 is 21.7 Å². The number of nitrogens with two attached hydrogens (primary N) is 1. The zero-order valence-electron chi connectivity index (χ0n) is 18.5. The summed E-state index contributed by atoms with van der Waals surface area (Å²) in [5, 5.41) is 21.4. The lowest BCUT2D eigenvalue weighted by Gasteiger charge is -2.18. The van der Waals surface area contributed by atoms with Crippen LogP contribution in [0.25, 0.3) is 0 Å². The molecule has 3 amide bonds. The van der Waals surface area contributed by atoms with Crippen LogP contribution in [0.5, 0.6) is 0 Å². The van der Waals surface area contributed by atoms with Gasteiger partial charge in [-0.1, -0.05) is 18.7 Å². The quantitative estimate of drug-likeness (QED) is 0.193. The first-order valence-electron chi connectivity index (χ1n) is 10.9. The van der Waals surface area contributed by atoms with Gasteiger partial charge in [-0.05, 0) is 55.0 Å². The normalized spacial score (nSPS) is 12.5. The smallest absolute Gasteiger partial charge is 0.261 e. The van der Waals surface area contributed by atoms with Gasteiger partial charge in [0.05, 0.1) is 16.7 Å². The lowest BCUT2D eigenvalue weighted by molar-refractivity contribution is -0.123. The third kappa shape index (κ3) is 10.2. The molecule has 180 valence electrons. The molecule has 6 N–H and O–H groups in total. The summed E-state index contributed by atoms with van der Waals surface area (Å²) in [5.74, 6) is -0.771. The largest absolute Gasteiger partial charge is 0.513 e. The Labute approximate surface area is 202 Å². The van der Waals surface area contributed by atoms with Crippen molar-refractivity contribution in [1.82, 2.24) is 16.0 Å². The van der Waals surface area contributed by atoms with Crippen molar-refractivity contribution < 1.29 is 19.5 Å². The fourth-order valence-corrected chi connectivity index (χ4v) is 4.40. The van der Waals surface area contributed by atoms with Gasteiger partial charge in [0.25, 0.3) is 5.91 Å². The van der Waals surface area contributed by atoms with Crippen LogP contribution in [0.4, 0.5) is 0 Å². The summed E-state index contributed by atoms with van der Waals surface area (Å²) in [5.41, 5.74) is 5.79. The van der Waals surface area contributed by atoms with E-state index in [9.17, 15) is 14.4 Å². The average Bonchev–Trinajstić information content (AvgIpc) is 3.50. The van der Waals surface area contributed by atoms with Gasteiger partial charge in [-0.2, -0.15) is 0 Å². The third-order valence-electron chi connectivity index (χ3n) is 4.92. The second-order valence-electron chi connectivity index (χ2n) is 7.62. The summed E-state index contributed by atoms with van der Waals surface area (Å²) in [6.07, 6.45) is 3.07. The maximum Gasteiger partial charge on any atom is 0.261 e. The molecule has 0 bridgehead atoms. The molecule has 0 spiro atoms. The lowest BCUT2D eigenvalue weighted by atomic mass is 10.1. The molecule has 0 aliphatic heterocycles. The molecule has 0 fully saturated rings. The average molecular weight is 493 g/mol. The summed E-state index contributed by atoms with van der Waals surface area (Å²) in [4.78, 5) is 38.9. The maximum absolute atomic E-state index is 12.7. The molecule has 0 aliphatic rings. The van der Waals surface area contributed by atoms with E-state index in [0.717, 1.165) is 6.42 Å². The van der Waals surface area contributed by atoms with E-state index in [2.05, 4.69) is 22.5 Å². The highest BCUT2D eigenvalue weighted by molar-refractivity contribution is 7.12. The molecule has 0 aliphatic carbocycles. The van der Waals surface area contributed by atoms with Crippen molar-refractivity contribution in [3.05, 3.63) is 57.1 Å². The first-order valence-corrected chi connectivity index (χ1v) is 12.7. The van der Waals surface area contributed by atoms with Crippen molar-refractivity contribution in [2.24, 2.45) is 5.73 Å². The number of hydrogen-bond donors (Lipinski definition) is 5. The van der Waals surface area contributed by atoms with Gasteiger partial charge in [-0.15, -0.1) is 22.7 Å². The summed E-state index contributed by atoms with van der Waals surface area (Å²) in [6, 6.07) is 6.14. The van der Waals surface area contributed by atoms with Crippen molar-refractivity contribution in [3.63, 3.8) is 0 Å². The van der Waals surface area contributed by atoms with Crippen LogP contribution in [-0.4, -0.2) is 48.0 Å². The van der Waals surface area contributed by atoms with E-state index in [1.807, 2.05) is 22.9 Å². The van der Waals surface area contributed by atoms with Gasteiger partial charge in [0.1, 0.15) is 6.04 Å². The topological polar surface area (TPSA) is 134 Å². The van der Waals surface area contributed by atoms with Crippen LogP contribution in [0.1, 0.15) is 46.7 Å². The van der Waals surface area contributed by atoms with Crippen LogP contribution in [0.3, 0.4) is 0 Å². The van der Waals surface area contributed by atoms with Gasteiger partial charge in [0.15, 0.2) is 0 Å². The number of aliphatic hydroxyl groups excluding tert-OH is 1. The Hall–Kier alpha value is -2.69. The van der Waals surface area contributed by atoms with E-state index in [1.54, 1.807) is 23.5 Å². The van der Waals surface area contributed by atoms with Gasteiger partial charge in [-0.25, -0.2) is 0 Å². The minimum absolute atomic E-state index is 0.00236. The molecule has 2 heterocycles. The molecule has 2 aromatic rings. The van der Waals surface area contributed by atoms with Crippen LogP contribution in [0, 0.1) is 0 Å². The Balaban J connectivity index is 1.77. The number of allylic oxidation sites excluding steroid dienone is 1. The van der Waals surface area contributed by atoms with Crippen LogP contribution in [0.2, 0.25) is 0 Å². The maximum atomic E-state index is 12.7. The molecular formula is C23H32N4O4S2. The highest BCUT2D eigenvalue weighted by Crippen LogP contribution is 2.11. The molecule has 33 heavy (non-hydrogen) atoms. The molecule has 0 unspecified atom stereocenters. The number of thiophene rings is 2. The molecular weight excluding hydrogens is 460 g/mol. The van der Waals surface area contributed by atoms with Crippen LogP contribution >= 0.6 is 22.7 Å². The number of amides is 3. The van der Waals surface area contributed by atoms with E-state index in [-0.39, 0.29) is 29.9 Å². The minimum atomic E-state index is -0.708. The predicted molar refractivity (Wildman–Crippen MR) is 132 cm³/mol. The van der Waals surface area contributed by atoms with Crippen molar-refractivity contribution in [1.29, 1.82) is 0 Å². The minimum Gasteiger partial charge on any atom is -0.513 e. The number of aliphatic hydroxyl groups is 1. The Morgan fingerprint density at radius 2 is 1.73 bits per heavy atom. The van der Waals surface area contributed by atoms with E-state index in [0.29, 0.717) is 43.6 Å². The highest BCUT2D eigenvalue weighted by Gasteiger charge is 2.21. The molecule has 10 heteroatoms. The van der Waals surface area contributed by atoms with E-state index in [4.69, 9.17) is 10.8 Å². The summed E-state index contributed by atoms with van der Waals surface area (Å²) in [6.45, 7) is 4.29. The summed E-state index contributed by atoms with van der Waals surface area (Å²) < 4.78 is 0. The van der Waals surface area contributed by atoms with Crippen LogP contribution in [0.15, 0.2) is 47.4 Å². The van der Waals surface area contributed by atoms with Crippen molar-refractivity contribution in [2.45, 2.75) is 50.6 Å². The number of unbranched alkanes of at least 4 members (excludes halogenated alkanes) is 1. The van der Waals surface area contributed by atoms with Gasteiger partial charge in [0.2, 0.25) is 11.8 Å². The number of hydrogen-bond acceptors (Lipinski definition) is 7. The van der Waals surface area contributed by atoms with E-state index < -0.39 is 12.1 Å². The number of nitrogens with one attached hydrogen (secondary N) is 3. The van der Waals surface area contributed by atoms with Gasteiger partial charge in [-0.3, -0.25) is 14.4 Å².